The molecule has 0 bridgehead atoms. The zero-order chi connectivity index (χ0) is 12.7. The summed E-state index contributed by atoms with van der Waals surface area (Å²) in [6.07, 6.45) is 4.53. The van der Waals surface area contributed by atoms with Crippen LogP contribution < -0.4 is 10.2 Å². The van der Waals surface area contributed by atoms with Crippen LogP contribution in [0.2, 0.25) is 0 Å². The molecule has 1 aromatic heterocycles. The number of piperidine rings is 1. The van der Waals surface area contributed by atoms with Gasteiger partial charge in [0.2, 0.25) is 0 Å². The van der Waals surface area contributed by atoms with E-state index in [9.17, 15) is 0 Å². The van der Waals surface area contributed by atoms with Crippen LogP contribution in [0.1, 0.15) is 32.4 Å². The SMILES string of the molecule is CC.CNC1CCCN(c2ccc(C)nc2)C1. The van der Waals surface area contributed by atoms with E-state index in [0.29, 0.717) is 6.04 Å². The molecule has 0 aliphatic carbocycles. The van der Waals surface area contributed by atoms with Gasteiger partial charge in [0.15, 0.2) is 0 Å². The minimum atomic E-state index is 0.625. The third-order valence-electron chi connectivity index (χ3n) is 3.09. The quantitative estimate of drug-likeness (QED) is 0.854. The van der Waals surface area contributed by atoms with Gasteiger partial charge >= 0.3 is 0 Å². The molecule has 1 atom stereocenters. The van der Waals surface area contributed by atoms with E-state index in [0.717, 1.165) is 18.8 Å². The lowest BCUT2D eigenvalue weighted by atomic mass is 10.1. The molecule has 1 N–H and O–H groups in total. The minimum Gasteiger partial charge on any atom is -0.369 e. The Morgan fingerprint density at radius 2 is 2.12 bits per heavy atom. The van der Waals surface area contributed by atoms with Gasteiger partial charge in [-0.2, -0.15) is 0 Å². The van der Waals surface area contributed by atoms with E-state index in [4.69, 9.17) is 0 Å². The molecule has 17 heavy (non-hydrogen) atoms. The molecule has 1 aromatic rings. The van der Waals surface area contributed by atoms with Crippen molar-refractivity contribution in [2.45, 2.75) is 39.7 Å². The number of aromatic nitrogens is 1. The number of pyridine rings is 1. The molecule has 2 rings (SSSR count). The third kappa shape index (κ3) is 4.00. The van der Waals surface area contributed by atoms with E-state index >= 15 is 0 Å². The minimum absolute atomic E-state index is 0.625. The number of nitrogens with zero attached hydrogens (tertiary/aromatic N) is 2. The molecule has 0 amide bonds. The van der Waals surface area contributed by atoms with Gasteiger partial charge in [-0.1, -0.05) is 13.8 Å². The van der Waals surface area contributed by atoms with Crippen LogP contribution in [-0.2, 0) is 0 Å². The van der Waals surface area contributed by atoms with Crippen LogP contribution in [0.4, 0.5) is 5.69 Å². The summed E-state index contributed by atoms with van der Waals surface area (Å²) in [5.41, 5.74) is 2.33. The first-order valence-corrected chi connectivity index (χ1v) is 6.64. The molecule has 0 radical (unpaired) electrons. The van der Waals surface area contributed by atoms with Gasteiger partial charge < -0.3 is 10.2 Å². The van der Waals surface area contributed by atoms with E-state index in [1.54, 1.807) is 0 Å². The van der Waals surface area contributed by atoms with Gasteiger partial charge in [0, 0.05) is 24.8 Å². The average Bonchev–Trinajstić information content (AvgIpc) is 2.42. The molecule has 1 saturated heterocycles. The second-order valence-electron chi connectivity index (χ2n) is 4.23. The van der Waals surface area contributed by atoms with Crippen molar-refractivity contribution in [3.8, 4) is 0 Å². The van der Waals surface area contributed by atoms with E-state index in [1.807, 2.05) is 34.0 Å². The van der Waals surface area contributed by atoms with Crippen molar-refractivity contribution in [3.05, 3.63) is 24.0 Å². The summed E-state index contributed by atoms with van der Waals surface area (Å²) < 4.78 is 0. The fourth-order valence-electron chi connectivity index (χ4n) is 2.09. The molecule has 2 heterocycles. The highest BCUT2D eigenvalue weighted by Crippen LogP contribution is 2.18. The largest absolute Gasteiger partial charge is 0.369 e. The fraction of sp³-hybridized carbons (Fsp3) is 0.643. The number of aryl methyl sites for hydroxylation is 1. The van der Waals surface area contributed by atoms with Crippen molar-refractivity contribution < 1.29 is 0 Å². The average molecular weight is 235 g/mol. The van der Waals surface area contributed by atoms with Crippen LogP contribution in [0.15, 0.2) is 18.3 Å². The predicted molar refractivity (Wildman–Crippen MR) is 74.6 cm³/mol. The fourth-order valence-corrected chi connectivity index (χ4v) is 2.09. The molecular formula is C14H25N3. The van der Waals surface area contributed by atoms with Gasteiger partial charge in [-0.15, -0.1) is 0 Å². The predicted octanol–water partition coefficient (Wildman–Crippen LogP) is 2.60. The number of nitrogens with one attached hydrogen (secondary N) is 1. The Kier molecular flexibility index (Phi) is 5.98. The highest BCUT2D eigenvalue weighted by atomic mass is 15.2. The summed E-state index contributed by atoms with van der Waals surface area (Å²) in [6, 6.07) is 4.87. The Morgan fingerprint density at radius 1 is 1.35 bits per heavy atom. The Bertz CT molecular complexity index is 308. The topological polar surface area (TPSA) is 28.2 Å². The van der Waals surface area contributed by atoms with Crippen molar-refractivity contribution in [2.24, 2.45) is 0 Å². The summed E-state index contributed by atoms with van der Waals surface area (Å²) in [5, 5.41) is 3.35. The highest BCUT2D eigenvalue weighted by Gasteiger charge is 2.18. The summed E-state index contributed by atoms with van der Waals surface area (Å²) in [4.78, 5) is 6.76. The van der Waals surface area contributed by atoms with Gasteiger partial charge in [0.05, 0.1) is 11.9 Å². The molecule has 1 unspecified atom stereocenters. The number of hydrogen-bond acceptors (Lipinski definition) is 3. The van der Waals surface area contributed by atoms with Crippen molar-refractivity contribution in [1.82, 2.24) is 10.3 Å². The first kappa shape index (κ1) is 14.0. The molecular weight excluding hydrogens is 210 g/mol. The summed E-state index contributed by atoms with van der Waals surface area (Å²) >= 11 is 0. The maximum Gasteiger partial charge on any atom is 0.0553 e. The van der Waals surface area contributed by atoms with Crippen molar-refractivity contribution in [3.63, 3.8) is 0 Å². The molecule has 0 saturated carbocycles. The molecule has 0 spiro atoms. The summed E-state index contributed by atoms with van der Waals surface area (Å²) in [5.74, 6) is 0. The molecule has 1 aliphatic rings. The smallest absolute Gasteiger partial charge is 0.0553 e. The molecule has 3 heteroatoms. The van der Waals surface area contributed by atoms with Gasteiger partial charge in [-0.3, -0.25) is 4.98 Å². The van der Waals surface area contributed by atoms with Gasteiger partial charge in [-0.05, 0) is 38.9 Å². The lowest BCUT2D eigenvalue weighted by molar-refractivity contribution is 0.449. The second-order valence-corrected chi connectivity index (χ2v) is 4.23. The van der Waals surface area contributed by atoms with Crippen LogP contribution in [0.25, 0.3) is 0 Å². The number of hydrogen-bond donors (Lipinski definition) is 1. The van der Waals surface area contributed by atoms with Crippen LogP contribution in [-0.4, -0.2) is 31.2 Å². The highest BCUT2D eigenvalue weighted by molar-refractivity contribution is 5.45. The van der Waals surface area contributed by atoms with Crippen LogP contribution in [0.5, 0.6) is 0 Å². The summed E-state index contributed by atoms with van der Waals surface area (Å²) in [7, 11) is 2.04. The lowest BCUT2D eigenvalue weighted by Crippen LogP contribution is -2.44. The molecule has 3 nitrogen and oxygen atoms in total. The Morgan fingerprint density at radius 3 is 2.71 bits per heavy atom. The monoisotopic (exact) mass is 235 g/mol. The normalized spacial score (nSPS) is 19.5. The molecule has 1 fully saturated rings. The first-order chi connectivity index (χ1) is 8.29. The van der Waals surface area contributed by atoms with Gasteiger partial charge in [0.1, 0.15) is 0 Å². The Labute approximate surface area is 105 Å². The van der Waals surface area contributed by atoms with E-state index < -0.39 is 0 Å². The third-order valence-corrected chi connectivity index (χ3v) is 3.09. The van der Waals surface area contributed by atoms with E-state index in [1.165, 1.54) is 18.5 Å². The van der Waals surface area contributed by atoms with Crippen molar-refractivity contribution in [2.75, 3.05) is 25.0 Å². The standard InChI is InChI=1S/C12H19N3.C2H6/c1-10-5-6-12(8-14-10)15-7-3-4-11(9-15)13-2;1-2/h5-6,8,11,13H,3-4,7,9H2,1-2H3;1-2H3. The maximum atomic E-state index is 4.34. The van der Waals surface area contributed by atoms with Crippen molar-refractivity contribution >= 4 is 5.69 Å². The number of anilines is 1. The van der Waals surface area contributed by atoms with Crippen LogP contribution in [0, 0.1) is 6.92 Å². The molecule has 1 aliphatic heterocycles. The van der Waals surface area contributed by atoms with Crippen molar-refractivity contribution in [1.29, 1.82) is 0 Å². The van der Waals surface area contributed by atoms with Gasteiger partial charge in [0.25, 0.3) is 0 Å². The van der Waals surface area contributed by atoms with Crippen LogP contribution >= 0.6 is 0 Å². The lowest BCUT2D eigenvalue weighted by Gasteiger charge is -2.34. The van der Waals surface area contributed by atoms with E-state index in [2.05, 4.69) is 27.3 Å². The second kappa shape index (κ2) is 7.28. The molecule has 96 valence electrons. The summed E-state index contributed by atoms with van der Waals surface area (Å²) in [6.45, 7) is 8.28. The maximum absolute atomic E-state index is 4.34. The zero-order valence-corrected chi connectivity index (χ0v) is 11.5. The number of rotatable bonds is 2. The van der Waals surface area contributed by atoms with Gasteiger partial charge in [-0.25, -0.2) is 0 Å². The zero-order valence-electron chi connectivity index (χ0n) is 11.5. The Hall–Kier alpha value is -1.09. The Balaban J connectivity index is 0.000000686. The number of likely N-dealkylation sites (N-methyl/N-ethyl adjacent to an activating group) is 1. The van der Waals surface area contributed by atoms with E-state index in [-0.39, 0.29) is 0 Å². The first-order valence-electron chi connectivity index (χ1n) is 6.64. The van der Waals surface area contributed by atoms with Crippen LogP contribution in [0.3, 0.4) is 0 Å². The molecule has 0 aromatic carbocycles.